The maximum atomic E-state index is 13.5. The number of ketones is 1. The van der Waals surface area contributed by atoms with E-state index in [1.807, 2.05) is 13.8 Å². The molecule has 1 aromatic heterocycles. The molecule has 3 unspecified atom stereocenters. The van der Waals surface area contributed by atoms with Gasteiger partial charge in [-0.2, -0.15) is 0 Å². The molecule has 29 heavy (non-hydrogen) atoms. The Kier molecular flexibility index (Phi) is 3.72. The lowest BCUT2D eigenvalue weighted by molar-refractivity contribution is -0.129. The van der Waals surface area contributed by atoms with Crippen molar-refractivity contribution in [1.29, 1.82) is 0 Å². The van der Waals surface area contributed by atoms with E-state index in [-0.39, 0.29) is 28.1 Å². The van der Waals surface area contributed by atoms with Crippen molar-refractivity contribution in [1.82, 2.24) is 9.36 Å². The van der Waals surface area contributed by atoms with Gasteiger partial charge in [0.05, 0.1) is 28.8 Å². The molecular weight excluding hydrogens is 371 g/mol. The molecule has 2 heterocycles. The maximum Gasteiger partial charge on any atom is 0.273 e. The van der Waals surface area contributed by atoms with Gasteiger partial charge in [-0.3, -0.25) is 14.4 Å². The summed E-state index contributed by atoms with van der Waals surface area (Å²) in [6.07, 6.45) is 1.02. The van der Waals surface area contributed by atoms with Gasteiger partial charge in [-0.1, -0.05) is 38.1 Å². The van der Waals surface area contributed by atoms with Gasteiger partial charge in [0.1, 0.15) is 11.6 Å². The van der Waals surface area contributed by atoms with E-state index in [2.05, 4.69) is 0 Å². The number of benzene rings is 2. The second-order valence-corrected chi connectivity index (χ2v) is 8.95. The molecular formula is C23H21FN2O3. The fourth-order valence-electron chi connectivity index (χ4n) is 5.22. The van der Waals surface area contributed by atoms with Gasteiger partial charge in [-0.05, 0) is 41.7 Å². The molecule has 0 saturated heterocycles. The Hall–Kier alpha value is -3.02. The highest BCUT2D eigenvalue weighted by Crippen LogP contribution is 2.50. The Bertz CT molecular complexity index is 1270. The van der Waals surface area contributed by atoms with E-state index in [4.69, 9.17) is 0 Å². The van der Waals surface area contributed by atoms with Gasteiger partial charge >= 0.3 is 0 Å². The van der Waals surface area contributed by atoms with Crippen LogP contribution in [0.2, 0.25) is 0 Å². The van der Waals surface area contributed by atoms with Gasteiger partial charge in [0.15, 0.2) is 0 Å². The van der Waals surface area contributed by atoms with Crippen molar-refractivity contribution in [2.24, 2.45) is 11.3 Å². The fourth-order valence-corrected chi connectivity index (χ4v) is 5.22. The zero-order valence-corrected chi connectivity index (χ0v) is 16.3. The van der Waals surface area contributed by atoms with Crippen LogP contribution in [0.5, 0.6) is 0 Å². The lowest BCUT2D eigenvalue weighted by atomic mass is 9.67. The molecule has 1 saturated carbocycles. The van der Waals surface area contributed by atoms with Crippen molar-refractivity contribution in [3.8, 4) is 0 Å². The van der Waals surface area contributed by atoms with Crippen molar-refractivity contribution in [2.45, 2.75) is 38.8 Å². The molecule has 0 spiro atoms. The summed E-state index contributed by atoms with van der Waals surface area (Å²) in [4.78, 5) is 40.1. The van der Waals surface area contributed by atoms with Gasteiger partial charge in [-0.25, -0.2) is 13.8 Å². The quantitative estimate of drug-likeness (QED) is 0.637. The number of hydrogen-bond donors (Lipinski definition) is 0. The number of halogens is 1. The van der Waals surface area contributed by atoms with E-state index in [1.165, 1.54) is 21.5 Å². The molecule has 1 aliphatic heterocycles. The Balaban J connectivity index is 1.87. The molecule has 3 atom stereocenters. The average Bonchev–Trinajstić information content (AvgIpc) is 3.01. The van der Waals surface area contributed by atoms with E-state index in [0.717, 1.165) is 0 Å². The van der Waals surface area contributed by atoms with Crippen LogP contribution < -0.4 is 11.1 Å². The molecule has 2 aliphatic rings. The predicted molar refractivity (Wildman–Crippen MR) is 108 cm³/mol. The average molecular weight is 392 g/mol. The van der Waals surface area contributed by atoms with E-state index >= 15 is 0 Å². The number of carbonyl (C=O) groups excluding carboxylic acids is 1. The van der Waals surface area contributed by atoms with Crippen molar-refractivity contribution >= 4 is 16.6 Å². The van der Waals surface area contributed by atoms with Crippen LogP contribution in [0.4, 0.5) is 4.39 Å². The summed E-state index contributed by atoms with van der Waals surface area (Å²) in [5.74, 6) is -0.863. The van der Waals surface area contributed by atoms with E-state index in [9.17, 15) is 18.8 Å². The van der Waals surface area contributed by atoms with Gasteiger partial charge in [0.2, 0.25) is 0 Å². The number of aromatic nitrogens is 2. The molecule has 3 aromatic rings. The summed E-state index contributed by atoms with van der Waals surface area (Å²) in [5.41, 5.74) is -0.153. The first-order valence-electron chi connectivity index (χ1n) is 9.83. The lowest BCUT2D eigenvalue weighted by Crippen LogP contribution is -2.40. The Morgan fingerprint density at radius 2 is 1.48 bits per heavy atom. The van der Waals surface area contributed by atoms with E-state index in [0.29, 0.717) is 29.2 Å². The first-order valence-corrected chi connectivity index (χ1v) is 9.83. The highest BCUT2D eigenvalue weighted by Gasteiger charge is 2.52. The third kappa shape index (κ3) is 2.55. The van der Waals surface area contributed by atoms with Crippen LogP contribution in [0.15, 0.2) is 58.1 Å². The molecule has 1 fully saturated rings. The molecule has 1 aliphatic carbocycles. The normalized spacial score (nSPS) is 25.1. The third-order valence-corrected chi connectivity index (χ3v) is 6.37. The fraction of sp³-hybridized carbons (Fsp3) is 0.348. The minimum absolute atomic E-state index is 0.0413. The maximum absolute atomic E-state index is 13.5. The van der Waals surface area contributed by atoms with Gasteiger partial charge in [0, 0.05) is 6.42 Å². The first kappa shape index (κ1) is 18.0. The second-order valence-electron chi connectivity index (χ2n) is 8.95. The zero-order chi connectivity index (χ0) is 20.5. The Labute approximate surface area is 166 Å². The molecule has 0 bridgehead atoms. The number of rotatable bonds is 1. The zero-order valence-electron chi connectivity index (χ0n) is 16.3. The summed E-state index contributed by atoms with van der Waals surface area (Å²) < 4.78 is 16.5. The number of carbonyl (C=O) groups is 1. The number of nitrogens with zero attached hydrogens (tertiary/aromatic N) is 2. The molecule has 6 heteroatoms. The molecule has 0 amide bonds. The minimum atomic E-state index is -0.617. The SMILES string of the molecule is CC1(C)CC(=O)C2C(C1)n1c(=O)c3ccccc3c(=O)n1C2c1ccc(F)cc1. The smallest absolute Gasteiger partial charge is 0.273 e. The number of Topliss-reactive ketones (excluding diaryl/α,β-unsaturated/α-hetero) is 1. The van der Waals surface area contributed by atoms with Crippen molar-refractivity contribution in [2.75, 3.05) is 0 Å². The highest BCUT2D eigenvalue weighted by molar-refractivity contribution is 5.85. The van der Waals surface area contributed by atoms with Crippen LogP contribution in [0.1, 0.15) is 44.3 Å². The summed E-state index contributed by atoms with van der Waals surface area (Å²) in [5, 5.41) is 0.703. The third-order valence-electron chi connectivity index (χ3n) is 6.37. The molecule has 0 N–H and O–H groups in total. The van der Waals surface area contributed by atoms with Crippen molar-refractivity contribution in [3.05, 3.63) is 80.6 Å². The van der Waals surface area contributed by atoms with Crippen LogP contribution in [-0.2, 0) is 4.79 Å². The van der Waals surface area contributed by atoms with E-state index in [1.54, 1.807) is 36.4 Å². The largest absolute Gasteiger partial charge is 0.299 e. The molecule has 5 nitrogen and oxygen atoms in total. The summed E-state index contributed by atoms with van der Waals surface area (Å²) in [6, 6.07) is 11.6. The Morgan fingerprint density at radius 1 is 0.897 bits per heavy atom. The van der Waals surface area contributed by atoms with Gasteiger partial charge in [-0.15, -0.1) is 0 Å². The van der Waals surface area contributed by atoms with Crippen LogP contribution in [0.25, 0.3) is 10.8 Å². The summed E-state index contributed by atoms with van der Waals surface area (Å²) in [7, 11) is 0. The van der Waals surface area contributed by atoms with Gasteiger partial charge in [0.25, 0.3) is 11.1 Å². The Morgan fingerprint density at radius 3 is 2.10 bits per heavy atom. The number of fused-ring (bicyclic) bond motifs is 4. The van der Waals surface area contributed by atoms with Crippen LogP contribution in [0, 0.1) is 17.2 Å². The lowest BCUT2D eigenvalue weighted by Gasteiger charge is -2.37. The monoisotopic (exact) mass is 392 g/mol. The van der Waals surface area contributed by atoms with Crippen LogP contribution in [0.3, 0.4) is 0 Å². The summed E-state index contributed by atoms with van der Waals surface area (Å²) >= 11 is 0. The molecule has 148 valence electrons. The number of hydrogen-bond acceptors (Lipinski definition) is 3. The van der Waals surface area contributed by atoms with Crippen molar-refractivity contribution < 1.29 is 9.18 Å². The van der Waals surface area contributed by atoms with Crippen LogP contribution >= 0.6 is 0 Å². The van der Waals surface area contributed by atoms with Crippen LogP contribution in [-0.4, -0.2) is 15.1 Å². The summed E-state index contributed by atoms with van der Waals surface area (Å²) in [6.45, 7) is 4.03. The topological polar surface area (TPSA) is 61.1 Å². The first-order chi connectivity index (χ1) is 13.8. The second kappa shape index (κ2) is 5.99. The predicted octanol–water partition coefficient (Wildman–Crippen LogP) is 3.45. The van der Waals surface area contributed by atoms with Crippen molar-refractivity contribution in [3.63, 3.8) is 0 Å². The molecule has 0 radical (unpaired) electrons. The van der Waals surface area contributed by atoms with Gasteiger partial charge < -0.3 is 0 Å². The molecule has 2 aromatic carbocycles. The van der Waals surface area contributed by atoms with E-state index < -0.39 is 18.0 Å². The minimum Gasteiger partial charge on any atom is -0.299 e. The standard InChI is InChI=1S/C23H21FN2O3/c1-23(2)11-17-19(18(27)12-23)20(13-7-9-14(24)10-8-13)26-22(29)16-6-4-3-5-15(16)21(28)25(17)26/h3-10,17,19-20H,11-12H2,1-2H3. The highest BCUT2D eigenvalue weighted by atomic mass is 19.1. The molecule has 5 rings (SSSR count).